The molecule has 0 aliphatic heterocycles. The highest BCUT2D eigenvalue weighted by Crippen LogP contribution is 2.69. The zero-order chi connectivity index (χ0) is 16.1. The summed E-state index contributed by atoms with van der Waals surface area (Å²) >= 11 is 0. The molecule has 2 aliphatic carbocycles. The molecule has 1 aromatic rings. The number of ether oxygens (including phenoxy) is 1. The summed E-state index contributed by atoms with van der Waals surface area (Å²) in [6.45, 7) is 1.88. The van der Waals surface area contributed by atoms with Gasteiger partial charge in [-0.15, -0.1) is 0 Å². The molecule has 5 heteroatoms. The second kappa shape index (κ2) is 5.07. The molecule has 2 fully saturated rings. The summed E-state index contributed by atoms with van der Waals surface area (Å²) in [5.41, 5.74) is 0.0812. The van der Waals surface area contributed by atoms with Crippen molar-refractivity contribution in [3.63, 3.8) is 0 Å². The van der Waals surface area contributed by atoms with Gasteiger partial charge in [-0.3, -0.25) is 9.59 Å². The first-order chi connectivity index (χ1) is 10.5. The van der Waals surface area contributed by atoms with Gasteiger partial charge in [0.15, 0.2) is 11.6 Å². The molecule has 2 aliphatic rings. The first kappa shape index (κ1) is 15.0. The normalized spacial score (nSPS) is 32.7. The van der Waals surface area contributed by atoms with Crippen LogP contribution < -0.4 is 4.74 Å². The first-order valence-corrected chi connectivity index (χ1v) is 7.55. The fraction of sp³-hybridized carbons (Fsp3) is 0.529. The van der Waals surface area contributed by atoms with Crippen LogP contribution in [-0.2, 0) is 16.0 Å². The lowest BCUT2D eigenvalue weighted by atomic mass is 9.86. The Morgan fingerprint density at radius 3 is 2.73 bits per heavy atom. The van der Waals surface area contributed by atoms with Crippen molar-refractivity contribution in [2.45, 2.75) is 26.2 Å². The maximum absolute atomic E-state index is 13.7. The van der Waals surface area contributed by atoms with E-state index in [4.69, 9.17) is 4.74 Å². The van der Waals surface area contributed by atoms with E-state index in [1.807, 2.05) is 6.92 Å². The summed E-state index contributed by atoms with van der Waals surface area (Å²) in [5.74, 6) is -1.85. The van der Waals surface area contributed by atoms with Crippen LogP contribution in [0, 0.1) is 29.0 Å². The molecular formula is C17H19FO4. The molecule has 0 saturated heterocycles. The van der Waals surface area contributed by atoms with Crippen molar-refractivity contribution in [1.82, 2.24) is 0 Å². The average Bonchev–Trinajstić information content (AvgIpc) is 3.06. The lowest BCUT2D eigenvalue weighted by molar-refractivity contribution is -0.142. The Balaban J connectivity index is 1.75. The SMILES string of the molecule is CCC12C(=O)C(Cc3ccc(OC)c(F)c3)CC1C2C(=O)O. The number of Topliss-reactive ketones (excluding diaryl/α,β-unsaturated/α-hetero) is 1. The van der Waals surface area contributed by atoms with E-state index >= 15 is 0 Å². The van der Waals surface area contributed by atoms with E-state index in [1.54, 1.807) is 12.1 Å². The van der Waals surface area contributed by atoms with Crippen LogP contribution in [0.1, 0.15) is 25.3 Å². The van der Waals surface area contributed by atoms with Gasteiger partial charge in [-0.05, 0) is 42.9 Å². The Morgan fingerprint density at radius 2 is 2.23 bits per heavy atom. The number of carboxylic acid groups (broad SMARTS) is 1. The Labute approximate surface area is 128 Å². The number of ketones is 1. The predicted octanol–water partition coefficient (Wildman–Crippen LogP) is 2.69. The van der Waals surface area contributed by atoms with Gasteiger partial charge in [0, 0.05) is 11.3 Å². The predicted molar refractivity (Wildman–Crippen MR) is 77.1 cm³/mol. The second-order valence-electron chi connectivity index (χ2n) is 6.29. The van der Waals surface area contributed by atoms with Crippen LogP contribution in [0.15, 0.2) is 18.2 Å². The molecule has 4 nitrogen and oxygen atoms in total. The van der Waals surface area contributed by atoms with Crippen LogP contribution in [0.25, 0.3) is 0 Å². The Bertz CT molecular complexity index is 642. The third-order valence-electron chi connectivity index (χ3n) is 5.43. The van der Waals surface area contributed by atoms with Crippen molar-refractivity contribution < 1.29 is 23.8 Å². The van der Waals surface area contributed by atoms with Crippen LogP contribution >= 0.6 is 0 Å². The van der Waals surface area contributed by atoms with E-state index in [1.165, 1.54) is 13.2 Å². The molecule has 0 radical (unpaired) electrons. The maximum atomic E-state index is 13.7. The highest BCUT2D eigenvalue weighted by Gasteiger charge is 2.75. The number of fused-ring (bicyclic) bond motifs is 1. The summed E-state index contributed by atoms with van der Waals surface area (Å²) in [4.78, 5) is 23.9. The summed E-state index contributed by atoms with van der Waals surface area (Å²) in [7, 11) is 1.41. The van der Waals surface area contributed by atoms with Gasteiger partial charge in [-0.1, -0.05) is 13.0 Å². The summed E-state index contributed by atoms with van der Waals surface area (Å²) < 4.78 is 18.6. The molecule has 1 N–H and O–H groups in total. The summed E-state index contributed by atoms with van der Waals surface area (Å²) in [6, 6.07) is 4.70. The zero-order valence-corrected chi connectivity index (χ0v) is 12.6. The van der Waals surface area contributed by atoms with Crippen molar-refractivity contribution in [1.29, 1.82) is 0 Å². The quantitative estimate of drug-likeness (QED) is 0.908. The molecule has 2 saturated carbocycles. The van der Waals surface area contributed by atoms with Gasteiger partial charge in [-0.2, -0.15) is 0 Å². The van der Waals surface area contributed by atoms with Crippen molar-refractivity contribution in [3.8, 4) is 5.75 Å². The van der Waals surface area contributed by atoms with E-state index < -0.39 is 23.1 Å². The van der Waals surface area contributed by atoms with Gasteiger partial charge in [0.2, 0.25) is 0 Å². The number of carbonyl (C=O) groups excluding carboxylic acids is 1. The smallest absolute Gasteiger partial charge is 0.307 e. The van der Waals surface area contributed by atoms with Crippen LogP contribution in [0.2, 0.25) is 0 Å². The van der Waals surface area contributed by atoms with Gasteiger partial charge in [-0.25, -0.2) is 4.39 Å². The average molecular weight is 306 g/mol. The van der Waals surface area contributed by atoms with Gasteiger partial charge < -0.3 is 9.84 Å². The molecule has 0 heterocycles. The van der Waals surface area contributed by atoms with E-state index in [2.05, 4.69) is 0 Å². The number of hydrogen-bond acceptors (Lipinski definition) is 3. The topological polar surface area (TPSA) is 63.6 Å². The Hall–Kier alpha value is -1.91. The molecule has 118 valence electrons. The summed E-state index contributed by atoms with van der Waals surface area (Å²) in [5, 5.41) is 9.23. The molecule has 0 spiro atoms. The van der Waals surface area contributed by atoms with Crippen molar-refractivity contribution in [2.24, 2.45) is 23.2 Å². The van der Waals surface area contributed by atoms with E-state index in [-0.39, 0.29) is 23.4 Å². The number of aliphatic carboxylic acids is 1. The van der Waals surface area contributed by atoms with Crippen LogP contribution in [0.4, 0.5) is 4.39 Å². The Morgan fingerprint density at radius 1 is 1.50 bits per heavy atom. The van der Waals surface area contributed by atoms with Crippen molar-refractivity contribution >= 4 is 11.8 Å². The second-order valence-corrected chi connectivity index (χ2v) is 6.29. The molecule has 22 heavy (non-hydrogen) atoms. The highest BCUT2D eigenvalue weighted by atomic mass is 19.1. The molecule has 0 bridgehead atoms. The standard InChI is InChI=1S/C17H19FO4/c1-3-17-11(14(17)16(20)21)8-10(15(17)19)6-9-4-5-13(22-2)12(18)7-9/h4-5,7,10-11,14H,3,6,8H2,1-2H3,(H,20,21). The lowest BCUT2D eigenvalue weighted by Gasteiger charge is -2.17. The Kier molecular flexibility index (Phi) is 3.46. The molecular weight excluding hydrogens is 287 g/mol. The summed E-state index contributed by atoms with van der Waals surface area (Å²) in [6.07, 6.45) is 1.63. The fourth-order valence-electron chi connectivity index (χ4n) is 4.34. The molecule has 1 aromatic carbocycles. The number of carboxylic acids is 1. The first-order valence-electron chi connectivity index (χ1n) is 7.55. The number of benzene rings is 1. The molecule has 0 aromatic heterocycles. The zero-order valence-electron chi connectivity index (χ0n) is 12.6. The molecule has 4 atom stereocenters. The van der Waals surface area contributed by atoms with Gasteiger partial charge in [0.1, 0.15) is 5.78 Å². The fourth-order valence-corrected chi connectivity index (χ4v) is 4.34. The van der Waals surface area contributed by atoms with Gasteiger partial charge in [0.05, 0.1) is 13.0 Å². The molecule has 0 amide bonds. The lowest BCUT2D eigenvalue weighted by Crippen LogP contribution is -2.26. The maximum Gasteiger partial charge on any atom is 0.307 e. The van der Waals surface area contributed by atoms with E-state index in [0.29, 0.717) is 19.3 Å². The number of methoxy groups -OCH3 is 1. The number of halogens is 1. The minimum atomic E-state index is -0.867. The number of hydrogen-bond donors (Lipinski definition) is 1. The number of carbonyl (C=O) groups is 2. The van der Waals surface area contributed by atoms with Gasteiger partial charge >= 0.3 is 5.97 Å². The van der Waals surface area contributed by atoms with Crippen molar-refractivity contribution in [2.75, 3.05) is 7.11 Å². The van der Waals surface area contributed by atoms with Crippen LogP contribution in [0.3, 0.4) is 0 Å². The molecule has 3 rings (SSSR count). The number of rotatable bonds is 5. The minimum Gasteiger partial charge on any atom is -0.494 e. The van der Waals surface area contributed by atoms with Crippen LogP contribution in [-0.4, -0.2) is 24.0 Å². The highest BCUT2D eigenvalue weighted by molar-refractivity contribution is 5.99. The van der Waals surface area contributed by atoms with Crippen LogP contribution in [0.5, 0.6) is 5.75 Å². The monoisotopic (exact) mass is 306 g/mol. The van der Waals surface area contributed by atoms with E-state index in [0.717, 1.165) is 5.56 Å². The largest absolute Gasteiger partial charge is 0.494 e. The minimum absolute atomic E-state index is 0.0450. The third-order valence-corrected chi connectivity index (χ3v) is 5.43. The molecule has 4 unspecified atom stereocenters. The van der Waals surface area contributed by atoms with E-state index in [9.17, 15) is 19.1 Å². The third kappa shape index (κ3) is 1.95. The van der Waals surface area contributed by atoms with Crippen molar-refractivity contribution in [3.05, 3.63) is 29.6 Å². The van der Waals surface area contributed by atoms with Gasteiger partial charge in [0.25, 0.3) is 0 Å².